The van der Waals surface area contributed by atoms with Crippen LogP contribution < -0.4 is 0 Å². The minimum atomic E-state index is 0.0404. The van der Waals surface area contributed by atoms with Gasteiger partial charge in [0.15, 0.2) is 0 Å². The standard InChI is InChI=1S/C16H20ClNO3/c17-15-5-1-3-12-9-18(7-6-14(12)15)16(19)11-20-10-13-4-2-8-21-13/h1,3,5,13H,2,4,6-11H2/t13-/m1/s1. The van der Waals surface area contributed by atoms with E-state index in [2.05, 4.69) is 0 Å². The number of rotatable bonds is 4. The van der Waals surface area contributed by atoms with Crippen LogP contribution in [0.3, 0.4) is 0 Å². The van der Waals surface area contributed by atoms with Crippen molar-refractivity contribution in [2.45, 2.75) is 31.9 Å². The maximum absolute atomic E-state index is 12.2. The first-order chi connectivity index (χ1) is 10.2. The fourth-order valence-electron chi connectivity index (χ4n) is 2.92. The molecule has 0 radical (unpaired) electrons. The first-order valence-corrected chi connectivity index (χ1v) is 7.85. The molecule has 114 valence electrons. The Labute approximate surface area is 130 Å². The second-order valence-corrected chi connectivity index (χ2v) is 6.00. The van der Waals surface area contributed by atoms with Crippen LogP contribution in [0.2, 0.25) is 5.02 Å². The lowest BCUT2D eigenvalue weighted by Gasteiger charge is -2.29. The quantitative estimate of drug-likeness (QED) is 0.857. The lowest BCUT2D eigenvalue weighted by atomic mass is 10.00. The zero-order chi connectivity index (χ0) is 14.7. The smallest absolute Gasteiger partial charge is 0.248 e. The van der Waals surface area contributed by atoms with E-state index in [0.717, 1.165) is 36.5 Å². The molecule has 4 nitrogen and oxygen atoms in total. The number of hydrogen-bond acceptors (Lipinski definition) is 3. The van der Waals surface area contributed by atoms with Crippen LogP contribution in [-0.4, -0.2) is 43.3 Å². The first-order valence-electron chi connectivity index (χ1n) is 7.47. The van der Waals surface area contributed by atoms with E-state index < -0.39 is 0 Å². The molecule has 0 aliphatic carbocycles. The summed E-state index contributed by atoms with van der Waals surface area (Å²) in [5, 5.41) is 0.800. The van der Waals surface area contributed by atoms with Gasteiger partial charge >= 0.3 is 0 Å². The van der Waals surface area contributed by atoms with E-state index in [1.54, 1.807) is 0 Å². The molecule has 1 atom stereocenters. The first kappa shape index (κ1) is 14.8. The van der Waals surface area contributed by atoms with Crippen molar-refractivity contribution >= 4 is 17.5 Å². The molecule has 3 rings (SSSR count). The van der Waals surface area contributed by atoms with Crippen molar-refractivity contribution < 1.29 is 14.3 Å². The van der Waals surface area contributed by atoms with Crippen LogP contribution in [0.25, 0.3) is 0 Å². The monoisotopic (exact) mass is 309 g/mol. The SMILES string of the molecule is O=C(COC[C@H]1CCCO1)N1CCc2c(Cl)cccc2C1. The van der Waals surface area contributed by atoms with Crippen molar-refractivity contribution in [1.29, 1.82) is 0 Å². The van der Waals surface area contributed by atoms with Gasteiger partial charge in [-0.25, -0.2) is 0 Å². The highest BCUT2D eigenvalue weighted by Gasteiger charge is 2.22. The van der Waals surface area contributed by atoms with E-state index in [4.69, 9.17) is 21.1 Å². The second kappa shape index (κ2) is 6.77. The Morgan fingerprint density at radius 1 is 1.48 bits per heavy atom. The summed E-state index contributed by atoms with van der Waals surface area (Å²) in [5.41, 5.74) is 2.31. The number of halogens is 1. The molecule has 0 aromatic heterocycles. The van der Waals surface area contributed by atoms with Gasteiger partial charge in [-0.3, -0.25) is 4.79 Å². The van der Waals surface area contributed by atoms with E-state index >= 15 is 0 Å². The van der Waals surface area contributed by atoms with E-state index in [-0.39, 0.29) is 18.6 Å². The Morgan fingerprint density at radius 3 is 3.19 bits per heavy atom. The molecule has 1 aromatic rings. The number of amides is 1. The molecule has 1 aromatic carbocycles. The molecule has 2 heterocycles. The predicted molar refractivity (Wildman–Crippen MR) is 80.4 cm³/mol. The molecule has 0 bridgehead atoms. The highest BCUT2D eigenvalue weighted by Crippen LogP contribution is 2.25. The van der Waals surface area contributed by atoms with Gasteiger partial charge in [0.05, 0.1) is 12.7 Å². The number of carbonyl (C=O) groups is 1. The van der Waals surface area contributed by atoms with Crippen LogP contribution in [0.5, 0.6) is 0 Å². The summed E-state index contributed by atoms with van der Waals surface area (Å²) in [5.74, 6) is 0.0404. The summed E-state index contributed by atoms with van der Waals surface area (Å²) < 4.78 is 11.0. The molecule has 5 heteroatoms. The Bertz CT molecular complexity index is 514. The van der Waals surface area contributed by atoms with Crippen molar-refractivity contribution in [2.24, 2.45) is 0 Å². The van der Waals surface area contributed by atoms with Crippen LogP contribution in [-0.2, 0) is 27.2 Å². The third-order valence-corrected chi connectivity index (χ3v) is 4.47. The Balaban J connectivity index is 1.49. The summed E-state index contributed by atoms with van der Waals surface area (Å²) in [6.07, 6.45) is 3.10. The number of carbonyl (C=O) groups excluding carboxylic acids is 1. The van der Waals surface area contributed by atoms with Crippen LogP contribution in [0, 0.1) is 0 Å². The van der Waals surface area contributed by atoms with Crippen LogP contribution in [0.15, 0.2) is 18.2 Å². The average Bonchev–Trinajstić information content (AvgIpc) is 3.00. The third kappa shape index (κ3) is 3.57. The Kier molecular flexibility index (Phi) is 4.78. The fourth-order valence-corrected chi connectivity index (χ4v) is 3.21. The van der Waals surface area contributed by atoms with Gasteiger partial charge in [0, 0.05) is 24.7 Å². The second-order valence-electron chi connectivity index (χ2n) is 5.59. The lowest BCUT2D eigenvalue weighted by molar-refractivity contribution is -0.138. The molecule has 0 saturated carbocycles. The zero-order valence-corrected chi connectivity index (χ0v) is 12.8. The normalized spacial score (nSPS) is 21.4. The molecule has 0 spiro atoms. The zero-order valence-electron chi connectivity index (χ0n) is 12.0. The van der Waals surface area contributed by atoms with Crippen LogP contribution in [0.1, 0.15) is 24.0 Å². The molecule has 0 N–H and O–H groups in total. The highest BCUT2D eigenvalue weighted by molar-refractivity contribution is 6.31. The maximum atomic E-state index is 12.2. The summed E-state index contributed by atoms with van der Waals surface area (Å²) >= 11 is 6.18. The summed E-state index contributed by atoms with van der Waals surface area (Å²) in [6.45, 7) is 2.79. The molecule has 21 heavy (non-hydrogen) atoms. The number of benzene rings is 1. The van der Waals surface area contributed by atoms with Gasteiger partial charge in [0.25, 0.3) is 0 Å². The van der Waals surface area contributed by atoms with Gasteiger partial charge in [0.1, 0.15) is 6.61 Å². The van der Waals surface area contributed by atoms with Gasteiger partial charge in [-0.05, 0) is 36.5 Å². The van der Waals surface area contributed by atoms with Crippen molar-refractivity contribution in [2.75, 3.05) is 26.4 Å². The van der Waals surface area contributed by atoms with Crippen LogP contribution >= 0.6 is 11.6 Å². The number of ether oxygens (including phenoxy) is 2. The predicted octanol–water partition coefficient (Wildman–Crippen LogP) is 2.42. The molecular weight excluding hydrogens is 290 g/mol. The summed E-state index contributed by atoms with van der Waals surface area (Å²) in [7, 11) is 0. The molecule has 2 aliphatic rings. The number of nitrogens with zero attached hydrogens (tertiary/aromatic N) is 1. The van der Waals surface area contributed by atoms with Gasteiger partial charge in [-0.2, -0.15) is 0 Å². The topological polar surface area (TPSA) is 38.8 Å². The van der Waals surface area contributed by atoms with E-state index in [9.17, 15) is 4.79 Å². The number of fused-ring (bicyclic) bond motifs is 1. The molecule has 1 fully saturated rings. The van der Waals surface area contributed by atoms with Crippen molar-refractivity contribution in [3.63, 3.8) is 0 Å². The Morgan fingerprint density at radius 2 is 2.38 bits per heavy atom. The molecule has 0 unspecified atom stereocenters. The molecule has 1 saturated heterocycles. The van der Waals surface area contributed by atoms with Gasteiger partial charge in [0.2, 0.25) is 5.91 Å². The van der Waals surface area contributed by atoms with E-state index in [0.29, 0.717) is 19.7 Å². The minimum Gasteiger partial charge on any atom is -0.376 e. The van der Waals surface area contributed by atoms with Crippen LogP contribution in [0.4, 0.5) is 0 Å². The van der Waals surface area contributed by atoms with Gasteiger partial charge in [-0.15, -0.1) is 0 Å². The molecule has 1 amide bonds. The largest absolute Gasteiger partial charge is 0.376 e. The minimum absolute atomic E-state index is 0.0404. The van der Waals surface area contributed by atoms with Crippen molar-refractivity contribution in [1.82, 2.24) is 4.90 Å². The fraction of sp³-hybridized carbons (Fsp3) is 0.562. The summed E-state index contributed by atoms with van der Waals surface area (Å²) in [6, 6.07) is 5.87. The third-order valence-electron chi connectivity index (χ3n) is 4.11. The Hall–Kier alpha value is -1.10. The van der Waals surface area contributed by atoms with Gasteiger partial charge < -0.3 is 14.4 Å². The van der Waals surface area contributed by atoms with Crippen molar-refractivity contribution in [3.05, 3.63) is 34.3 Å². The highest BCUT2D eigenvalue weighted by atomic mass is 35.5. The summed E-state index contributed by atoms with van der Waals surface area (Å²) in [4.78, 5) is 14.0. The van der Waals surface area contributed by atoms with E-state index in [1.165, 1.54) is 5.56 Å². The molecule has 2 aliphatic heterocycles. The average molecular weight is 310 g/mol. The maximum Gasteiger partial charge on any atom is 0.248 e. The van der Waals surface area contributed by atoms with Gasteiger partial charge in [-0.1, -0.05) is 23.7 Å². The lowest BCUT2D eigenvalue weighted by Crippen LogP contribution is -2.38. The number of hydrogen-bond donors (Lipinski definition) is 0. The molecular formula is C16H20ClNO3. The van der Waals surface area contributed by atoms with Crippen molar-refractivity contribution in [3.8, 4) is 0 Å². The van der Waals surface area contributed by atoms with E-state index in [1.807, 2.05) is 23.1 Å².